The monoisotopic (exact) mass is 548 g/mol. The Morgan fingerprint density at radius 3 is 2.35 bits per heavy atom. The van der Waals surface area contributed by atoms with Crippen LogP contribution < -0.4 is 5.56 Å². The maximum atomic E-state index is 13.7. The molecule has 0 aliphatic rings. The number of benzene rings is 2. The van der Waals surface area contributed by atoms with Crippen molar-refractivity contribution in [1.29, 1.82) is 0 Å². The molecule has 206 valence electrons. The highest BCUT2D eigenvalue weighted by molar-refractivity contribution is 5.70. The lowest BCUT2D eigenvalue weighted by molar-refractivity contribution is -0.154. The second-order valence-electron chi connectivity index (χ2n) is 10.0. The third-order valence-electron chi connectivity index (χ3n) is 5.58. The van der Waals surface area contributed by atoms with Crippen molar-refractivity contribution in [2.45, 2.75) is 45.8 Å². The van der Waals surface area contributed by atoms with Crippen LogP contribution in [-0.4, -0.2) is 31.3 Å². The van der Waals surface area contributed by atoms with E-state index < -0.39 is 28.6 Å². The summed E-state index contributed by atoms with van der Waals surface area (Å²) in [5.74, 6) is -4.04. The van der Waals surface area contributed by atoms with E-state index in [1.807, 2.05) is 45.1 Å². The highest BCUT2D eigenvalue weighted by Gasteiger charge is 2.15. The molecule has 0 atom stereocenters. The summed E-state index contributed by atoms with van der Waals surface area (Å²) in [6, 6.07) is 11.4. The van der Waals surface area contributed by atoms with Crippen molar-refractivity contribution in [2.75, 3.05) is 0 Å². The zero-order chi connectivity index (χ0) is 28.9. The fourth-order valence-corrected chi connectivity index (χ4v) is 3.79. The van der Waals surface area contributed by atoms with Crippen molar-refractivity contribution in [3.8, 4) is 22.6 Å². The van der Waals surface area contributed by atoms with Crippen LogP contribution in [0.1, 0.15) is 44.7 Å². The van der Waals surface area contributed by atoms with Crippen LogP contribution in [0.3, 0.4) is 0 Å². The van der Waals surface area contributed by atoms with Crippen molar-refractivity contribution >= 4 is 12.0 Å². The van der Waals surface area contributed by atoms with Gasteiger partial charge in [-0.25, -0.2) is 27.8 Å². The number of carbonyl (C=O) groups is 1. The van der Waals surface area contributed by atoms with Gasteiger partial charge in [0.25, 0.3) is 5.56 Å². The first kappa shape index (κ1) is 28.4. The summed E-state index contributed by atoms with van der Waals surface area (Å²) in [4.78, 5) is 33.1. The molecule has 4 aromatic rings. The van der Waals surface area contributed by atoms with Crippen LogP contribution in [0.2, 0.25) is 0 Å². The molecular weight excluding hydrogens is 521 g/mol. The second-order valence-corrected chi connectivity index (χ2v) is 10.0. The topological polar surface area (TPSA) is 87.0 Å². The summed E-state index contributed by atoms with van der Waals surface area (Å²) in [7, 11) is 0. The van der Waals surface area contributed by atoms with Crippen LogP contribution in [0.5, 0.6) is 0 Å². The molecule has 10 heteroatoms. The zero-order valence-electron chi connectivity index (χ0n) is 22.2. The molecule has 7 nitrogen and oxygen atoms in total. The standard InChI is InChI=1S/C30H27F3N4O3/c1-30(2,3)40-27(39)10-5-4-7-20-16-34-29(35-17-20)21-9-6-8-19(13-21)18-37-26(38)12-11-25(36-37)22-14-23(31)28(33)24(32)15-22/h4,6-9,11-17H,5,10,18H2,1-3H3/b7-4+. The zero-order valence-corrected chi connectivity index (χ0v) is 22.2. The van der Waals surface area contributed by atoms with Crippen molar-refractivity contribution in [2.24, 2.45) is 0 Å². The Labute approximate surface area is 229 Å². The van der Waals surface area contributed by atoms with Crippen LogP contribution in [-0.2, 0) is 16.1 Å². The molecule has 2 aromatic carbocycles. The molecule has 40 heavy (non-hydrogen) atoms. The van der Waals surface area contributed by atoms with Crippen LogP contribution in [0.15, 0.2) is 71.8 Å². The number of aromatic nitrogens is 4. The van der Waals surface area contributed by atoms with Gasteiger partial charge in [0, 0.05) is 41.6 Å². The Hall–Kier alpha value is -4.60. The maximum Gasteiger partial charge on any atom is 0.306 e. The summed E-state index contributed by atoms with van der Waals surface area (Å²) in [6.07, 6.45) is 7.81. The third kappa shape index (κ3) is 7.49. The number of carbonyl (C=O) groups excluding carboxylic acids is 1. The van der Waals surface area contributed by atoms with Gasteiger partial charge in [-0.3, -0.25) is 9.59 Å². The quantitative estimate of drug-likeness (QED) is 0.199. The third-order valence-corrected chi connectivity index (χ3v) is 5.58. The molecule has 2 aromatic heterocycles. The first-order valence-corrected chi connectivity index (χ1v) is 12.5. The summed E-state index contributed by atoms with van der Waals surface area (Å²) >= 11 is 0. The normalized spacial score (nSPS) is 11.7. The van der Waals surface area contributed by atoms with E-state index in [1.165, 1.54) is 12.1 Å². The van der Waals surface area contributed by atoms with Gasteiger partial charge >= 0.3 is 5.97 Å². The molecule has 0 aliphatic heterocycles. The SMILES string of the molecule is CC(C)(C)OC(=O)CC/C=C/c1cnc(-c2cccc(Cn3nc(-c4cc(F)c(F)c(F)c4)ccc3=O)c2)nc1. The predicted molar refractivity (Wildman–Crippen MR) is 144 cm³/mol. The van der Waals surface area contributed by atoms with E-state index >= 15 is 0 Å². The molecule has 0 bridgehead atoms. The molecule has 2 heterocycles. The van der Waals surface area contributed by atoms with E-state index in [0.717, 1.165) is 27.9 Å². The minimum absolute atomic E-state index is 0.00581. The van der Waals surface area contributed by atoms with Gasteiger partial charge in [-0.1, -0.05) is 30.4 Å². The average molecular weight is 549 g/mol. The molecular formula is C30H27F3N4O3. The van der Waals surface area contributed by atoms with Gasteiger partial charge in [0.1, 0.15) is 5.60 Å². The Morgan fingerprint density at radius 2 is 1.68 bits per heavy atom. The molecule has 0 N–H and O–H groups in total. The van der Waals surface area contributed by atoms with Gasteiger partial charge in [-0.15, -0.1) is 0 Å². The van der Waals surface area contributed by atoms with E-state index in [2.05, 4.69) is 15.1 Å². The summed E-state index contributed by atoms with van der Waals surface area (Å²) < 4.78 is 47.2. The van der Waals surface area contributed by atoms with E-state index in [4.69, 9.17) is 4.74 Å². The predicted octanol–water partition coefficient (Wildman–Crippen LogP) is 5.97. The number of halogens is 3. The molecule has 0 aliphatic carbocycles. The largest absolute Gasteiger partial charge is 0.460 e. The van der Waals surface area contributed by atoms with Gasteiger partial charge in [0.2, 0.25) is 0 Å². The maximum absolute atomic E-state index is 13.7. The van der Waals surface area contributed by atoms with Crippen LogP contribution in [0.4, 0.5) is 13.2 Å². The second kappa shape index (κ2) is 12.1. The van der Waals surface area contributed by atoms with E-state index in [1.54, 1.807) is 24.5 Å². The molecule has 4 rings (SSSR count). The van der Waals surface area contributed by atoms with Crippen molar-refractivity contribution in [1.82, 2.24) is 19.7 Å². The number of hydrogen-bond donors (Lipinski definition) is 0. The molecule has 0 saturated heterocycles. The number of nitrogens with zero attached hydrogens (tertiary/aromatic N) is 4. The smallest absolute Gasteiger partial charge is 0.306 e. The molecule has 0 fully saturated rings. The lowest BCUT2D eigenvalue weighted by atomic mass is 10.1. The highest BCUT2D eigenvalue weighted by atomic mass is 19.2. The van der Waals surface area contributed by atoms with E-state index in [9.17, 15) is 22.8 Å². The van der Waals surface area contributed by atoms with Gasteiger partial charge in [0.15, 0.2) is 23.3 Å². The fourth-order valence-electron chi connectivity index (χ4n) is 3.79. The minimum atomic E-state index is -1.57. The number of rotatable bonds is 8. The Bertz CT molecular complexity index is 1590. The average Bonchev–Trinajstić information content (AvgIpc) is 2.90. The van der Waals surface area contributed by atoms with Crippen molar-refractivity contribution in [3.05, 3.63) is 106 Å². The van der Waals surface area contributed by atoms with Gasteiger partial charge in [-0.05, 0) is 57.0 Å². The molecule has 0 unspecified atom stereocenters. The number of hydrogen-bond acceptors (Lipinski definition) is 6. The lowest BCUT2D eigenvalue weighted by Gasteiger charge is -2.19. The van der Waals surface area contributed by atoms with Crippen LogP contribution in [0, 0.1) is 17.5 Å². The lowest BCUT2D eigenvalue weighted by Crippen LogP contribution is -2.23. The van der Waals surface area contributed by atoms with E-state index in [0.29, 0.717) is 17.8 Å². The molecule has 0 amide bonds. The molecule has 0 spiro atoms. The fraction of sp³-hybridized carbons (Fsp3) is 0.233. The van der Waals surface area contributed by atoms with Crippen molar-refractivity contribution in [3.63, 3.8) is 0 Å². The Kier molecular flexibility index (Phi) is 8.57. The van der Waals surface area contributed by atoms with Gasteiger partial charge in [0.05, 0.1) is 12.2 Å². The Morgan fingerprint density at radius 1 is 0.975 bits per heavy atom. The van der Waals surface area contributed by atoms with Crippen LogP contribution in [0.25, 0.3) is 28.7 Å². The number of allylic oxidation sites excluding steroid dienone is 1. The first-order valence-electron chi connectivity index (χ1n) is 12.5. The highest BCUT2D eigenvalue weighted by Crippen LogP contribution is 2.22. The molecule has 0 saturated carbocycles. The van der Waals surface area contributed by atoms with Gasteiger partial charge < -0.3 is 4.74 Å². The van der Waals surface area contributed by atoms with Crippen LogP contribution >= 0.6 is 0 Å². The summed E-state index contributed by atoms with van der Waals surface area (Å²) in [5, 5.41) is 4.21. The Balaban J connectivity index is 1.45. The summed E-state index contributed by atoms with van der Waals surface area (Å²) in [6.45, 7) is 5.55. The summed E-state index contributed by atoms with van der Waals surface area (Å²) in [5.41, 5.74) is 1.39. The van der Waals surface area contributed by atoms with E-state index in [-0.39, 0.29) is 30.2 Å². The first-order chi connectivity index (χ1) is 19.0. The number of ether oxygens (including phenoxy) is 1. The number of esters is 1. The van der Waals surface area contributed by atoms with Gasteiger partial charge in [-0.2, -0.15) is 5.10 Å². The molecule has 0 radical (unpaired) electrons. The van der Waals surface area contributed by atoms with Crippen molar-refractivity contribution < 1.29 is 22.7 Å². The minimum Gasteiger partial charge on any atom is -0.460 e.